The van der Waals surface area contributed by atoms with E-state index >= 15 is 0 Å². The Bertz CT molecular complexity index is 413. The van der Waals surface area contributed by atoms with Gasteiger partial charge in [-0.1, -0.05) is 20.8 Å². The smallest absolute Gasteiger partial charge is 0.119 e. The maximum Gasteiger partial charge on any atom is 0.119 e. The Kier molecular flexibility index (Phi) is 4.39. The summed E-state index contributed by atoms with van der Waals surface area (Å²) in [6, 6.07) is 7.58. The van der Waals surface area contributed by atoms with Crippen molar-refractivity contribution in [2.45, 2.75) is 33.6 Å². The van der Waals surface area contributed by atoms with E-state index in [0.717, 1.165) is 17.7 Å². The maximum atomic E-state index is 8.67. The molecule has 2 N–H and O–H groups in total. The number of nitrogens with two attached hydrogens (primary N) is 1. The molecule has 0 aliphatic carbocycles. The molecular formula is C14H20N2O. The zero-order chi connectivity index (χ0) is 12.9. The van der Waals surface area contributed by atoms with E-state index < -0.39 is 0 Å². The van der Waals surface area contributed by atoms with E-state index in [9.17, 15) is 0 Å². The molecule has 1 aromatic rings. The molecule has 0 heterocycles. The molecule has 3 heteroatoms. The SMILES string of the molecule is CC(C)(C)CCOc1ccc(N)c(CC#N)c1. The molecule has 0 aromatic heterocycles. The number of ether oxygens (including phenoxy) is 1. The Morgan fingerprint density at radius 2 is 2.06 bits per heavy atom. The van der Waals surface area contributed by atoms with E-state index in [-0.39, 0.29) is 5.41 Å². The van der Waals surface area contributed by atoms with Crippen molar-refractivity contribution >= 4 is 5.69 Å². The number of nitriles is 1. The predicted octanol–water partition coefficient (Wildman–Crippen LogP) is 3.15. The normalized spacial score (nSPS) is 10.9. The standard InChI is InChI=1S/C14H20N2O/c1-14(2,3)7-9-17-12-4-5-13(16)11(10-12)6-8-15/h4-5,10H,6-7,9,16H2,1-3H3. The van der Waals surface area contributed by atoms with Crippen LogP contribution in [0, 0.1) is 16.7 Å². The predicted molar refractivity (Wildman–Crippen MR) is 69.7 cm³/mol. The summed E-state index contributed by atoms with van der Waals surface area (Å²) in [6.07, 6.45) is 1.31. The lowest BCUT2D eigenvalue weighted by molar-refractivity contribution is 0.243. The first-order chi connectivity index (χ1) is 7.92. The fourth-order valence-corrected chi connectivity index (χ4v) is 1.39. The van der Waals surface area contributed by atoms with E-state index in [0.29, 0.717) is 18.7 Å². The van der Waals surface area contributed by atoms with E-state index in [2.05, 4.69) is 26.8 Å². The quantitative estimate of drug-likeness (QED) is 0.811. The van der Waals surface area contributed by atoms with Crippen molar-refractivity contribution in [3.8, 4) is 11.8 Å². The highest BCUT2D eigenvalue weighted by atomic mass is 16.5. The minimum Gasteiger partial charge on any atom is -0.494 e. The first kappa shape index (κ1) is 13.4. The second-order valence-corrected chi connectivity index (χ2v) is 5.35. The maximum absolute atomic E-state index is 8.67. The van der Waals surface area contributed by atoms with Crippen molar-refractivity contribution in [2.75, 3.05) is 12.3 Å². The van der Waals surface area contributed by atoms with Crippen LogP contribution in [0.2, 0.25) is 0 Å². The Balaban J connectivity index is 2.61. The van der Waals surface area contributed by atoms with E-state index in [4.69, 9.17) is 15.7 Å². The van der Waals surface area contributed by atoms with E-state index in [1.807, 2.05) is 12.1 Å². The topological polar surface area (TPSA) is 59.0 Å². The van der Waals surface area contributed by atoms with Gasteiger partial charge in [0.15, 0.2) is 0 Å². The van der Waals surface area contributed by atoms with Gasteiger partial charge in [-0.3, -0.25) is 0 Å². The van der Waals surface area contributed by atoms with Crippen LogP contribution in [0.15, 0.2) is 18.2 Å². The van der Waals surface area contributed by atoms with Crippen molar-refractivity contribution in [2.24, 2.45) is 5.41 Å². The lowest BCUT2D eigenvalue weighted by Crippen LogP contribution is -2.11. The highest BCUT2D eigenvalue weighted by molar-refractivity contribution is 5.51. The monoisotopic (exact) mass is 232 g/mol. The lowest BCUT2D eigenvalue weighted by Gasteiger charge is -2.18. The summed E-state index contributed by atoms with van der Waals surface area (Å²) in [4.78, 5) is 0. The molecule has 0 fully saturated rings. The molecule has 1 rings (SSSR count). The van der Waals surface area contributed by atoms with Crippen molar-refractivity contribution in [1.29, 1.82) is 5.26 Å². The Hall–Kier alpha value is -1.69. The lowest BCUT2D eigenvalue weighted by atomic mass is 9.93. The zero-order valence-corrected chi connectivity index (χ0v) is 10.8. The van der Waals surface area contributed by atoms with Crippen LogP contribution in [0.4, 0.5) is 5.69 Å². The molecule has 1 aromatic carbocycles. The first-order valence-corrected chi connectivity index (χ1v) is 5.80. The number of anilines is 1. The van der Waals surface area contributed by atoms with Crippen molar-refractivity contribution in [3.63, 3.8) is 0 Å². The van der Waals surface area contributed by atoms with Gasteiger partial charge in [-0.05, 0) is 35.6 Å². The van der Waals surface area contributed by atoms with E-state index in [1.54, 1.807) is 6.07 Å². The third-order valence-corrected chi connectivity index (χ3v) is 2.50. The van der Waals surface area contributed by atoms with Crippen LogP contribution < -0.4 is 10.5 Å². The van der Waals surface area contributed by atoms with Gasteiger partial charge in [0, 0.05) is 5.69 Å². The summed E-state index contributed by atoms with van der Waals surface area (Å²) in [5, 5.41) is 8.67. The Morgan fingerprint density at radius 3 is 2.65 bits per heavy atom. The molecule has 3 nitrogen and oxygen atoms in total. The molecule has 0 atom stereocenters. The van der Waals surface area contributed by atoms with Crippen LogP contribution in [0.1, 0.15) is 32.8 Å². The van der Waals surface area contributed by atoms with Gasteiger partial charge in [0.05, 0.1) is 19.1 Å². The molecule has 0 amide bonds. The van der Waals surface area contributed by atoms with Crippen LogP contribution >= 0.6 is 0 Å². The number of nitrogen functional groups attached to an aromatic ring is 1. The van der Waals surface area contributed by atoms with Gasteiger partial charge < -0.3 is 10.5 Å². The second-order valence-electron chi connectivity index (χ2n) is 5.35. The average molecular weight is 232 g/mol. The summed E-state index contributed by atoms with van der Waals surface area (Å²) >= 11 is 0. The van der Waals surface area contributed by atoms with Gasteiger partial charge in [0.1, 0.15) is 5.75 Å². The number of rotatable bonds is 4. The molecule has 0 aliphatic rings. The van der Waals surface area contributed by atoms with Crippen molar-refractivity contribution in [3.05, 3.63) is 23.8 Å². The van der Waals surface area contributed by atoms with Gasteiger partial charge in [-0.25, -0.2) is 0 Å². The highest BCUT2D eigenvalue weighted by Crippen LogP contribution is 2.22. The molecule has 0 saturated carbocycles. The van der Waals surface area contributed by atoms with E-state index in [1.165, 1.54) is 0 Å². The largest absolute Gasteiger partial charge is 0.494 e. The summed E-state index contributed by atoms with van der Waals surface area (Å²) in [6.45, 7) is 7.22. The minimum absolute atomic E-state index is 0.267. The van der Waals surface area contributed by atoms with Crippen molar-refractivity contribution < 1.29 is 4.74 Å². The number of nitrogens with zero attached hydrogens (tertiary/aromatic N) is 1. The fourth-order valence-electron chi connectivity index (χ4n) is 1.39. The number of hydrogen-bond donors (Lipinski definition) is 1. The van der Waals surface area contributed by atoms with Crippen LogP contribution in [0.3, 0.4) is 0 Å². The van der Waals surface area contributed by atoms with Crippen molar-refractivity contribution in [1.82, 2.24) is 0 Å². The first-order valence-electron chi connectivity index (χ1n) is 5.80. The van der Waals surface area contributed by atoms with Gasteiger partial charge in [-0.15, -0.1) is 0 Å². The molecule has 0 unspecified atom stereocenters. The molecule has 17 heavy (non-hydrogen) atoms. The molecule has 92 valence electrons. The minimum atomic E-state index is 0.267. The molecule has 0 saturated heterocycles. The molecule has 0 spiro atoms. The summed E-state index contributed by atoms with van der Waals surface area (Å²) in [7, 11) is 0. The molecule has 0 aliphatic heterocycles. The average Bonchev–Trinajstić information content (AvgIpc) is 2.21. The van der Waals surface area contributed by atoms with Gasteiger partial charge in [-0.2, -0.15) is 5.26 Å². The second kappa shape index (κ2) is 5.58. The van der Waals surface area contributed by atoms with Crippen LogP contribution in [-0.2, 0) is 6.42 Å². The molecule has 0 radical (unpaired) electrons. The Morgan fingerprint density at radius 1 is 1.35 bits per heavy atom. The van der Waals surface area contributed by atoms with Gasteiger partial charge in [0.2, 0.25) is 0 Å². The van der Waals surface area contributed by atoms with Crippen LogP contribution in [0.5, 0.6) is 5.75 Å². The third kappa shape index (κ3) is 4.78. The fraction of sp³-hybridized carbons (Fsp3) is 0.500. The van der Waals surface area contributed by atoms with Crippen LogP contribution in [0.25, 0.3) is 0 Å². The number of benzene rings is 1. The Labute approximate surface area is 103 Å². The summed E-state index contributed by atoms with van der Waals surface area (Å²) < 4.78 is 5.66. The summed E-state index contributed by atoms with van der Waals surface area (Å²) in [5.74, 6) is 0.786. The highest BCUT2D eigenvalue weighted by Gasteiger charge is 2.10. The van der Waals surface area contributed by atoms with Gasteiger partial charge >= 0.3 is 0 Å². The van der Waals surface area contributed by atoms with Crippen LogP contribution in [-0.4, -0.2) is 6.61 Å². The zero-order valence-electron chi connectivity index (χ0n) is 10.8. The third-order valence-electron chi connectivity index (χ3n) is 2.50. The number of hydrogen-bond acceptors (Lipinski definition) is 3. The molecule has 0 bridgehead atoms. The van der Waals surface area contributed by atoms with Gasteiger partial charge in [0.25, 0.3) is 0 Å². The summed E-state index contributed by atoms with van der Waals surface area (Å²) in [5.41, 5.74) is 7.52. The molecular weight excluding hydrogens is 212 g/mol.